The molecule has 8 nitrogen and oxygen atoms in total. The molecule has 27 heavy (non-hydrogen) atoms. The second kappa shape index (κ2) is 6.17. The second-order valence-corrected chi connectivity index (χ2v) is 6.47. The van der Waals surface area contributed by atoms with Gasteiger partial charge in [-0.3, -0.25) is 9.59 Å². The van der Waals surface area contributed by atoms with Crippen LogP contribution >= 0.6 is 23.2 Å². The van der Waals surface area contributed by atoms with Gasteiger partial charge in [0.2, 0.25) is 17.3 Å². The number of phenolic OH excluding ortho intramolecular Hbond substituents is 1. The molecule has 0 radical (unpaired) electrons. The number of carbonyl (C=O) groups excluding carboxylic acids is 3. The summed E-state index contributed by atoms with van der Waals surface area (Å²) in [7, 11) is 2.12. The molecule has 3 rings (SSSR count). The summed E-state index contributed by atoms with van der Waals surface area (Å²) in [5.74, 6) is -5.23. The molecule has 1 aliphatic carbocycles. The third kappa shape index (κ3) is 2.26. The number of ketones is 2. The van der Waals surface area contributed by atoms with Gasteiger partial charge in [-0.15, -0.1) is 0 Å². The van der Waals surface area contributed by atoms with Gasteiger partial charge in [-0.25, -0.2) is 4.79 Å². The van der Waals surface area contributed by atoms with Gasteiger partial charge in [0.1, 0.15) is 10.6 Å². The lowest BCUT2D eigenvalue weighted by Crippen LogP contribution is -2.50. The quantitative estimate of drug-likeness (QED) is 0.707. The summed E-state index contributed by atoms with van der Waals surface area (Å²) >= 11 is 12.1. The van der Waals surface area contributed by atoms with E-state index in [9.17, 15) is 24.6 Å². The zero-order valence-electron chi connectivity index (χ0n) is 14.2. The summed E-state index contributed by atoms with van der Waals surface area (Å²) < 4.78 is 15.4. The molecule has 1 aromatic carbocycles. The molecule has 1 atom stereocenters. The van der Waals surface area contributed by atoms with Crippen molar-refractivity contribution in [2.45, 2.75) is 12.5 Å². The lowest BCUT2D eigenvalue weighted by molar-refractivity contribution is -0.138. The highest BCUT2D eigenvalue weighted by Gasteiger charge is 2.62. The number of benzene rings is 1. The highest BCUT2D eigenvalue weighted by Crippen LogP contribution is 2.54. The predicted octanol–water partition coefficient (Wildman–Crippen LogP) is 2.42. The van der Waals surface area contributed by atoms with Crippen LogP contribution in [0.4, 0.5) is 0 Å². The van der Waals surface area contributed by atoms with Crippen LogP contribution in [0.5, 0.6) is 11.5 Å². The third-order valence-electron chi connectivity index (χ3n) is 4.38. The van der Waals surface area contributed by atoms with E-state index in [4.69, 9.17) is 32.7 Å². The molecule has 1 aliphatic heterocycles. The molecule has 1 spiro atoms. The van der Waals surface area contributed by atoms with Crippen LogP contribution in [0.2, 0.25) is 10.0 Å². The van der Waals surface area contributed by atoms with E-state index in [-0.39, 0.29) is 26.9 Å². The first-order valence-corrected chi connectivity index (χ1v) is 8.15. The van der Waals surface area contributed by atoms with E-state index < -0.39 is 46.0 Å². The molecule has 1 aromatic rings. The number of fused-ring (bicyclic) bond motifs is 1. The minimum atomic E-state index is -2.35. The molecule has 0 amide bonds. The Balaban J connectivity index is 2.39. The van der Waals surface area contributed by atoms with Gasteiger partial charge in [-0.05, 0) is 12.5 Å². The maximum atomic E-state index is 13.4. The van der Waals surface area contributed by atoms with Crippen LogP contribution in [0, 0.1) is 6.92 Å². The van der Waals surface area contributed by atoms with E-state index in [0.29, 0.717) is 0 Å². The Morgan fingerprint density at radius 2 is 1.81 bits per heavy atom. The largest absolute Gasteiger partial charge is 0.505 e. The molecule has 0 saturated heterocycles. The van der Waals surface area contributed by atoms with Gasteiger partial charge >= 0.3 is 5.97 Å². The smallest absolute Gasteiger partial charge is 0.338 e. The first-order valence-electron chi connectivity index (χ1n) is 7.40. The number of aromatic hydroxyl groups is 1. The molecule has 1 heterocycles. The molecule has 0 bridgehead atoms. The highest BCUT2D eigenvalue weighted by atomic mass is 35.5. The van der Waals surface area contributed by atoms with Crippen LogP contribution in [0.25, 0.3) is 0 Å². The zero-order chi connectivity index (χ0) is 20.3. The Kier molecular flexibility index (Phi) is 4.36. The van der Waals surface area contributed by atoms with E-state index in [1.807, 2.05) is 0 Å². The van der Waals surface area contributed by atoms with Crippen LogP contribution in [-0.2, 0) is 19.1 Å². The van der Waals surface area contributed by atoms with Crippen LogP contribution in [0.15, 0.2) is 23.2 Å². The number of methoxy groups -OCH3 is 2. The number of aliphatic hydroxyl groups is 1. The van der Waals surface area contributed by atoms with E-state index in [2.05, 4.69) is 4.74 Å². The summed E-state index contributed by atoms with van der Waals surface area (Å²) in [5.41, 5.74) is -2.87. The summed E-state index contributed by atoms with van der Waals surface area (Å²) in [6.45, 7) is 1.43. The van der Waals surface area contributed by atoms with Gasteiger partial charge in [0, 0.05) is 6.08 Å². The molecule has 0 saturated carbocycles. The third-order valence-corrected chi connectivity index (χ3v) is 5.19. The number of phenols is 1. The average molecular weight is 415 g/mol. The number of hydrogen-bond acceptors (Lipinski definition) is 8. The van der Waals surface area contributed by atoms with Gasteiger partial charge < -0.3 is 24.4 Å². The van der Waals surface area contributed by atoms with Crippen LogP contribution in [-0.4, -0.2) is 47.6 Å². The number of halogens is 2. The van der Waals surface area contributed by atoms with Gasteiger partial charge in [0.15, 0.2) is 17.3 Å². The molecule has 2 aliphatic rings. The maximum absolute atomic E-state index is 13.4. The zero-order valence-corrected chi connectivity index (χ0v) is 15.7. The molecule has 142 valence electrons. The molecular formula is C17H12Cl2O8. The Morgan fingerprint density at radius 3 is 2.37 bits per heavy atom. The number of esters is 1. The standard InChI is InChI=1S/C17H12Cl2O8/c1-5-8-13(10(19)12(22)9(5)18)27-17(14(8)23)6(16(24)26-3)4-7(20)11(21)15(17)25-2/h4,21-22H,1-3H3/t17-/m1/s1. The summed E-state index contributed by atoms with van der Waals surface area (Å²) in [6, 6.07) is 0. The maximum Gasteiger partial charge on any atom is 0.338 e. The first-order chi connectivity index (χ1) is 12.6. The van der Waals surface area contributed by atoms with Crippen molar-refractivity contribution < 1.29 is 38.8 Å². The Labute approximate surface area is 162 Å². The van der Waals surface area contributed by atoms with Crippen molar-refractivity contribution >= 4 is 40.7 Å². The summed E-state index contributed by atoms with van der Waals surface area (Å²) in [5, 5.41) is 19.6. The molecule has 10 heteroatoms. The molecule has 0 unspecified atom stereocenters. The fourth-order valence-electron chi connectivity index (χ4n) is 3.10. The first kappa shape index (κ1) is 19.1. The van der Waals surface area contributed by atoms with Crippen molar-refractivity contribution in [3.05, 3.63) is 44.3 Å². The van der Waals surface area contributed by atoms with Gasteiger partial charge in [-0.2, -0.15) is 0 Å². The number of hydrogen-bond donors (Lipinski definition) is 2. The highest BCUT2D eigenvalue weighted by molar-refractivity contribution is 6.40. The number of carbonyl (C=O) groups is 3. The fraction of sp³-hybridized carbons (Fsp3) is 0.235. The minimum Gasteiger partial charge on any atom is -0.505 e. The number of allylic oxidation sites excluding steroid dienone is 1. The second-order valence-electron chi connectivity index (χ2n) is 5.71. The van der Waals surface area contributed by atoms with Crippen molar-refractivity contribution in [2.24, 2.45) is 0 Å². The van der Waals surface area contributed by atoms with E-state index >= 15 is 0 Å². The number of ether oxygens (including phenoxy) is 3. The lowest BCUT2D eigenvalue weighted by atomic mass is 9.80. The van der Waals surface area contributed by atoms with E-state index in [1.54, 1.807) is 0 Å². The van der Waals surface area contributed by atoms with Crippen LogP contribution in [0.1, 0.15) is 15.9 Å². The normalized spacial score (nSPS) is 21.1. The molecular weight excluding hydrogens is 403 g/mol. The topological polar surface area (TPSA) is 119 Å². The number of rotatable bonds is 2. The van der Waals surface area contributed by atoms with E-state index in [0.717, 1.165) is 20.3 Å². The van der Waals surface area contributed by atoms with Crippen molar-refractivity contribution in [3.8, 4) is 11.5 Å². The molecule has 0 fully saturated rings. The average Bonchev–Trinajstić information content (AvgIpc) is 2.95. The Bertz CT molecular complexity index is 991. The Morgan fingerprint density at radius 1 is 1.19 bits per heavy atom. The van der Waals surface area contributed by atoms with Crippen molar-refractivity contribution in [2.75, 3.05) is 14.2 Å². The van der Waals surface area contributed by atoms with Crippen molar-refractivity contribution in [1.29, 1.82) is 0 Å². The van der Waals surface area contributed by atoms with E-state index in [1.165, 1.54) is 6.92 Å². The van der Waals surface area contributed by atoms with Crippen molar-refractivity contribution in [3.63, 3.8) is 0 Å². The molecule has 2 N–H and O–H groups in total. The SMILES string of the molecule is COC(=O)C1=CC(=O)C(O)=C(OC)[C@@]12Oc1c(Cl)c(O)c(Cl)c(C)c1C2=O. The van der Waals surface area contributed by atoms with Gasteiger partial charge in [0.05, 0.1) is 24.8 Å². The van der Waals surface area contributed by atoms with Crippen molar-refractivity contribution in [1.82, 2.24) is 0 Å². The lowest BCUT2D eigenvalue weighted by Gasteiger charge is -2.32. The monoisotopic (exact) mass is 414 g/mol. The molecule has 0 aromatic heterocycles. The van der Waals surface area contributed by atoms with Crippen LogP contribution in [0.3, 0.4) is 0 Å². The predicted molar refractivity (Wildman–Crippen MR) is 92.3 cm³/mol. The number of Topliss-reactive ketones (excluding diaryl/α,β-unsaturated/α-hetero) is 1. The minimum absolute atomic E-state index is 0.130. The van der Waals surface area contributed by atoms with Gasteiger partial charge in [-0.1, -0.05) is 23.2 Å². The van der Waals surface area contributed by atoms with Crippen LogP contribution < -0.4 is 4.74 Å². The Hall–Kier alpha value is -2.71. The fourth-order valence-corrected chi connectivity index (χ4v) is 3.56. The van der Waals surface area contributed by atoms with Gasteiger partial charge in [0.25, 0.3) is 5.60 Å². The summed E-state index contributed by atoms with van der Waals surface area (Å²) in [4.78, 5) is 37.7. The summed E-state index contributed by atoms with van der Waals surface area (Å²) in [6.07, 6.45) is 0.720. The number of aliphatic hydroxyl groups excluding tert-OH is 1.